The van der Waals surface area contributed by atoms with Crippen LogP contribution < -0.4 is 15.3 Å². The molecule has 4 nitrogen and oxygen atoms in total. The summed E-state index contributed by atoms with van der Waals surface area (Å²) in [6.45, 7) is 7.42. The molecule has 0 radical (unpaired) electrons. The Kier molecular flexibility index (Phi) is 4.44. The number of para-hydroxylation sites is 1. The van der Waals surface area contributed by atoms with E-state index in [-0.39, 0.29) is 6.54 Å². The Hall–Kier alpha value is -1.98. The number of likely N-dealkylation sites (N-methyl/N-ethyl adjacent to an activating group) is 1. The maximum atomic E-state index is 14.8. The van der Waals surface area contributed by atoms with Gasteiger partial charge in [0.2, 0.25) is 0 Å². The van der Waals surface area contributed by atoms with Crippen LogP contribution in [0.15, 0.2) is 36.4 Å². The lowest BCUT2D eigenvalue weighted by Crippen LogP contribution is -2.46. The smallest absolute Gasteiger partial charge is 0.0947 e. The van der Waals surface area contributed by atoms with Crippen LogP contribution in [0.3, 0.4) is 0 Å². The number of halogens is 2. The summed E-state index contributed by atoms with van der Waals surface area (Å²) in [5.74, 6) is 0. The monoisotopic (exact) mass is 360 g/mol. The van der Waals surface area contributed by atoms with Gasteiger partial charge in [-0.2, -0.15) is 0 Å². The third-order valence-electron chi connectivity index (χ3n) is 5.08. The Bertz CT molecular complexity index is 774. The van der Waals surface area contributed by atoms with Crippen molar-refractivity contribution >= 4 is 34.4 Å². The summed E-state index contributed by atoms with van der Waals surface area (Å²) >= 11 is 6.15. The number of hydrogen-bond acceptors (Lipinski definition) is 4. The zero-order valence-corrected chi connectivity index (χ0v) is 15.1. The van der Waals surface area contributed by atoms with Crippen LogP contribution >= 0.6 is 11.6 Å². The van der Waals surface area contributed by atoms with Crippen molar-refractivity contribution in [3.63, 3.8) is 0 Å². The van der Waals surface area contributed by atoms with Crippen molar-refractivity contribution in [2.24, 2.45) is 0 Å². The molecular formula is C19H22ClFN4. The van der Waals surface area contributed by atoms with Gasteiger partial charge >= 0.3 is 0 Å². The Morgan fingerprint density at radius 3 is 2.60 bits per heavy atom. The van der Waals surface area contributed by atoms with Crippen LogP contribution in [0.5, 0.6) is 0 Å². The highest BCUT2D eigenvalue weighted by Gasteiger charge is 2.25. The molecule has 2 aliphatic rings. The number of benzene rings is 2. The second kappa shape index (κ2) is 6.73. The molecule has 0 saturated carbocycles. The highest BCUT2D eigenvalue weighted by molar-refractivity contribution is 6.30. The van der Waals surface area contributed by atoms with Gasteiger partial charge in [0, 0.05) is 36.9 Å². The summed E-state index contributed by atoms with van der Waals surface area (Å²) < 4.78 is 14.8. The van der Waals surface area contributed by atoms with Gasteiger partial charge in [-0.3, -0.25) is 0 Å². The van der Waals surface area contributed by atoms with E-state index in [2.05, 4.69) is 28.1 Å². The predicted molar refractivity (Wildman–Crippen MR) is 103 cm³/mol. The van der Waals surface area contributed by atoms with Crippen LogP contribution in [-0.2, 0) is 6.54 Å². The summed E-state index contributed by atoms with van der Waals surface area (Å²) in [4.78, 5) is 4.77. The van der Waals surface area contributed by atoms with Crippen LogP contribution in [0.1, 0.15) is 12.5 Å². The molecule has 0 amide bonds. The zero-order valence-electron chi connectivity index (χ0n) is 14.3. The van der Waals surface area contributed by atoms with Crippen LogP contribution in [0, 0.1) is 0 Å². The van der Waals surface area contributed by atoms with E-state index in [1.807, 2.05) is 24.3 Å². The summed E-state index contributed by atoms with van der Waals surface area (Å²) in [7, 11) is 0. The fraction of sp³-hybridized carbons (Fsp3) is 0.368. The van der Waals surface area contributed by atoms with Gasteiger partial charge in [0.15, 0.2) is 0 Å². The van der Waals surface area contributed by atoms with E-state index in [0.29, 0.717) is 10.7 Å². The van der Waals surface area contributed by atoms with E-state index in [9.17, 15) is 4.48 Å². The van der Waals surface area contributed by atoms with Gasteiger partial charge in [0.05, 0.1) is 23.6 Å². The maximum absolute atomic E-state index is 14.8. The summed E-state index contributed by atoms with van der Waals surface area (Å²) in [6, 6.07) is 11.4. The second-order valence-corrected chi connectivity index (χ2v) is 6.98. The SMILES string of the molecule is CCN1CCN(c2cccc3c2Nc2cc(Cl)ccc2CN3F)CC1. The van der Waals surface area contributed by atoms with Gasteiger partial charge in [0.1, 0.15) is 0 Å². The number of hydrogen-bond donors (Lipinski definition) is 1. The number of piperazine rings is 1. The largest absolute Gasteiger partial charge is 0.367 e. The normalized spacial score (nSPS) is 17.6. The molecule has 0 spiro atoms. The molecule has 25 heavy (non-hydrogen) atoms. The van der Waals surface area contributed by atoms with E-state index < -0.39 is 0 Å². The minimum absolute atomic E-state index is 0.208. The Morgan fingerprint density at radius 2 is 1.84 bits per heavy atom. The molecule has 2 aliphatic heterocycles. The number of fused-ring (bicyclic) bond motifs is 2. The third-order valence-corrected chi connectivity index (χ3v) is 5.32. The molecule has 1 saturated heterocycles. The van der Waals surface area contributed by atoms with Crippen LogP contribution in [0.25, 0.3) is 0 Å². The Balaban J connectivity index is 1.72. The van der Waals surface area contributed by atoms with Crippen LogP contribution in [0.2, 0.25) is 5.02 Å². The van der Waals surface area contributed by atoms with Crippen molar-refractivity contribution in [2.45, 2.75) is 13.5 Å². The molecule has 132 valence electrons. The average molecular weight is 361 g/mol. The van der Waals surface area contributed by atoms with E-state index in [1.165, 1.54) is 0 Å². The van der Waals surface area contributed by atoms with E-state index in [4.69, 9.17) is 11.6 Å². The molecule has 6 heteroatoms. The molecule has 1 N–H and O–H groups in total. The summed E-state index contributed by atoms with van der Waals surface area (Å²) in [6.07, 6.45) is 0. The van der Waals surface area contributed by atoms with Crippen LogP contribution in [0.4, 0.5) is 27.2 Å². The lowest BCUT2D eigenvalue weighted by atomic mass is 10.1. The minimum atomic E-state index is 0.208. The van der Waals surface area contributed by atoms with Crippen molar-refractivity contribution in [1.82, 2.24) is 4.90 Å². The van der Waals surface area contributed by atoms with Crippen molar-refractivity contribution in [3.05, 3.63) is 47.0 Å². The predicted octanol–water partition coefficient (Wildman–Crippen LogP) is 4.43. The van der Waals surface area contributed by atoms with Crippen molar-refractivity contribution in [3.8, 4) is 0 Å². The molecule has 0 unspecified atom stereocenters. The number of anilines is 4. The first-order valence-corrected chi connectivity index (χ1v) is 9.12. The zero-order chi connectivity index (χ0) is 17.4. The molecule has 1 fully saturated rings. The fourth-order valence-electron chi connectivity index (χ4n) is 3.60. The molecule has 0 atom stereocenters. The first-order valence-electron chi connectivity index (χ1n) is 8.75. The van der Waals surface area contributed by atoms with Crippen molar-refractivity contribution in [2.75, 3.05) is 48.1 Å². The molecule has 4 rings (SSSR count). The van der Waals surface area contributed by atoms with Crippen molar-refractivity contribution in [1.29, 1.82) is 0 Å². The Labute approximate surface area is 152 Å². The van der Waals surface area contributed by atoms with E-state index >= 15 is 0 Å². The van der Waals surface area contributed by atoms with Gasteiger partial charge in [-0.15, -0.1) is 0 Å². The van der Waals surface area contributed by atoms with Crippen LogP contribution in [-0.4, -0.2) is 37.6 Å². The average Bonchev–Trinajstić information content (AvgIpc) is 2.77. The standard InChI is InChI=1S/C19H22ClFN4/c1-2-23-8-10-24(11-9-23)17-4-3-5-18-19(17)22-16-12-15(20)7-6-14(16)13-25(18)21/h3-7,12,22H,2,8-11,13H2,1H3. The lowest BCUT2D eigenvalue weighted by molar-refractivity contribution is 0.271. The first-order chi connectivity index (χ1) is 12.2. The molecular weight excluding hydrogens is 339 g/mol. The topological polar surface area (TPSA) is 21.8 Å². The molecule has 2 aromatic carbocycles. The number of rotatable bonds is 2. The molecule has 2 heterocycles. The van der Waals surface area contributed by atoms with E-state index in [0.717, 1.165) is 60.5 Å². The fourth-order valence-corrected chi connectivity index (χ4v) is 3.77. The highest BCUT2D eigenvalue weighted by Crippen LogP contribution is 2.42. The quantitative estimate of drug-likeness (QED) is 0.800. The third kappa shape index (κ3) is 3.14. The van der Waals surface area contributed by atoms with Gasteiger partial charge in [-0.25, -0.2) is 5.12 Å². The number of nitrogens with zero attached hydrogens (tertiary/aromatic N) is 3. The molecule has 0 aromatic heterocycles. The van der Waals surface area contributed by atoms with E-state index in [1.54, 1.807) is 6.07 Å². The first kappa shape index (κ1) is 16.5. The second-order valence-electron chi connectivity index (χ2n) is 6.54. The lowest BCUT2D eigenvalue weighted by Gasteiger charge is -2.36. The summed E-state index contributed by atoms with van der Waals surface area (Å²) in [5, 5.41) is 4.90. The van der Waals surface area contributed by atoms with Gasteiger partial charge < -0.3 is 15.1 Å². The number of nitrogens with one attached hydrogen (secondary N) is 1. The van der Waals surface area contributed by atoms with Gasteiger partial charge in [0.25, 0.3) is 0 Å². The van der Waals surface area contributed by atoms with Gasteiger partial charge in [-0.05, 0) is 36.4 Å². The maximum Gasteiger partial charge on any atom is 0.0947 e. The molecule has 0 aliphatic carbocycles. The van der Waals surface area contributed by atoms with Crippen molar-refractivity contribution < 1.29 is 4.48 Å². The van der Waals surface area contributed by atoms with Gasteiger partial charge in [-0.1, -0.05) is 35.1 Å². The molecule has 2 aromatic rings. The summed E-state index contributed by atoms with van der Waals surface area (Å²) in [5.41, 5.74) is 4.20. The molecule has 0 bridgehead atoms. The highest BCUT2D eigenvalue weighted by atomic mass is 35.5. The Morgan fingerprint density at radius 1 is 1.08 bits per heavy atom. The minimum Gasteiger partial charge on any atom is -0.367 e.